The maximum atomic E-state index is 12.8. The number of hydrogen-bond acceptors (Lipinski definition) is 4. The van der Waals surface area contributed by atoms with Crippen molar-refractivity contribution < 1.29 is 14.3 Å². The monoisotopic (exact) mass is 369 g/mol. The van der Waals surface area contributed by atoms with Crippen LogP contribution < -0.4 is 10.9 Å². The Morgan fingerprint density at radius 2 is 2.00 bits per heavy atom. The van der Waals surface area contributed by atoms with Crippen molar-refractivity contribution in [2.45, 2.75) is 25.5 Å². The summed E-state index contributed by atoms with van der Waals surface area (Å²) in [6.07, 6.45) is 1.46. The first-order valence-electron chi connectivity index (χ1n) is 9.01. The Bertz CT molecular complexity index is 829. The molecule has 1 aromatic heterocycles. The van der Waals surface area contributed by atoms with E-state index in [0.29, 0.717) is 19.5 Å². The molecule has 2 N–H and O–H groups in total. The van der Waals surface area contributed by atoms with Gasteiger partial charge in [-0.15, -0.1) is 0 Å². The summed E-state index contributed by atoms with van der Waals surface area (Å²) in [7, 11) is 0. The number of carbonyl (C=O) groups excluding carboxylic acids is 2. The van der Waals surface area contributed by atoms with Crippen LogP contribution in [0.25, 0.3) is 0 Å². The van der Waals surface area contributed by atoms with Gasteiger partial charge in [-0.25, -0.2) is 0 Å². The minimum Gasteiger partial charge on any atom is -0.356 e. The smallest absolute Gasteiger partial charge is 0.251 e. The van der Waals surface area contributed by atoms with E-state index in [0.717, 1.165) is 11.1 Å². The van der Waals surface area contributed by atoms with Gasteiger partial charge in [0.1, 0.15) is 6.61 Å². The Morgan fingerprint density at radius 1 is 1.22 bits per heavy atom. The number of pyridine rings is 1. The third-order valence-corrected chi connectivity index (χ3v) is 4.63. The summed E-state index contributed by atoms with van der Waals surface area (Å²) in [5, 5.41) is 2.88. The minimum atomic E-state index is -0.763. The number of likely N-dealkylation sites (N-methyl/N-ethyl adjacent to an activating group) is 1. The van der Waals surface area contributed by atoms with Gasteiger partial charge in [-0.1, -0.05) is 36.4 Å². The van der Waals surface area contributed by atoms with Crippen LogP contribution in [0.5, 0.6) is 0 Å². The number of benzene rings is 1. The summed E-state index contributed by atoms with van der Waals surface area (Å²) < 4.78 is 5.62. The number of carbonyl (C=O) groups is 2. The summed E-state index contributed by atoms with van der Waals surface area (Å²) in [6, 6.07) is 12.2. The van der Waals surface area contributed by atoms with E-state index in [2.05, 4.69) is 10.3 Å². The SMILES string of the molecule is CCN1C(=O)CO[C@H](C(=O)NCCc2ccc(=O)[nH]c2)[C@H]1c1ccccc1. The molecule has 142 valence electrons. The van der Waals surface area contributed by atoms with Crippen LogP contribution in [0.1, 0.15) is 24.1 Å². The number of ether oxygens (including phenoxy) is 1. The number of H-pyrrole nitrogens is 1. The van der Waals surface area contributed by atoms with Gasteiger partial charge in [0.25, 0.3) is 5.91 Å². The molecule has 0 spiro atoms. The lowest BCUT2D eigenvalue weighted by Crippen LogP contribution is -2.54. The zero-order valence-corrected chi connectivity index (χ0v) is 15.2. The molecule has 1 aromatic carbocycles. The number of morpholine rings is 1. The molecule has 7 nitrogen and oxygen atoms in total. The number of rotatable bonds is 6. The number of nitrogens with one attached hydrogen (secondary N) is 2. The van der Waals surface area contributed by atoms with Crippen LogP contribution in [-0.4, -0.2) is 47.5 Å². The highest BCUT2D eigenvalue weighted by molar-refractivity contribution is 5.86. The second-order valence-corrected chi connectivity index (χ2v) is 6.37. The molecule has 0 unspecified atom stereocenters. The fourth-order valence-electron chi connectivity index (χ4n) is 3.28. The number of amides is 2. The van der Waals surface area contributed by atoms with E-state index < -0.39 is 12.1 Å². The lowest BCUT2D eigenvalue weighted by Gasteiger charge is -2.40. The second-order valence-electron chi connectivity index (χ2n) is 6.37. The largest absolute Gasteiger partial charge is 0.356 e. The molecule has 0 saturated carbocycles. The van der Waals surface area contributed by atoms with Crippen molar-refractivity contribution in [2.24, 2.45) is 0 Å². The lowest BCUT2D eigenvalue weighted by molar-refractivity contribution is -0.164. The molecule has 27 heavy (non-hydrogen) atoms. The number of nitrogens with zero attached hydrogens (tertiary/aromatic N) is 1. The molecule has 2 aromatic rings. The highest BCUT2D eigenvalue weighted by atomic mass is 16.5. The standard InChI is InChI=1S/C20H23N3O4/c1-2-23-17(25)13-27-19(18(23)15-6-4-3-5-7-15)20(26)21-11-10-14-8-9-16(24)22-12-14/h3-9,12,18-19H,2,10-11,13H2,1H3,(H,21,26)(H,22,24)/t18-,19+/m1/s1. The van der Waals surface area contributed by atoms with Crippen molar-refractivity contribution in [3.05, 3.63) is 70.1 Å². The molecule has 1 fully saturated rings. The van der Waals surface area contributed by atoms with Crippen LogP contribution in [0, 0.1) is 0 Å². The lowest BCUT2D eigenvalue weighted by atomic mass is 9.97. The first kappa shape index (κ1) is 18.8. The molecule has 0 aliphatic carbocycles. The maximum Gasteiger partial charge on any atom is 0.251 e. The highest BCUT2D eigenvalue weighted by Crippen LogP contribution is 2.30. The van der Waals surface area contributed by atoms with E-state index in [1.54, 1.807) is 17.2 Å². The zero-order chi connectivity index (χ0) is 19.2. The maximum absolute atomic E-state index is 12.8. The molecule has 0 bridgehead atoms. The van der Waals surface area contributed by atoms with E-state index in [4.69, 9.17) is 4.74 Å². The second kappa shape index (κ2) is 8.64. The molecule has 0 radical (unpaired) electrons. The van der Waals surface area contributed by atoms with Gasteiger partial charge in [-0.2, -0.15) is 0 Å². The van der Waals surface area contributed by atoms with Crippen LogP contribution in [0.3, 0.4) is 0 Å². The molecule has 2 atom stereocenters. The summed E-state index contributed by atoms with van der Waals surface area (Å²) in [6.45, 7) is 2.70. The fourth-order valence-corrected chi connectivity index (χ4v) is 3.28. The normalized spacial score (nSPS) is 19.7. The van der Waals surface area contributed by atoms with Crippen LogP contribution in [0.2, 0.25) is 0 Å². The van der Waals surface area contributed by atoms with E-state index >= 15 is 0 Å². The Morgan fingerprint density at radius 3 is 2.67 bits per heavy atom. The van der Waals surface area contributed by atoms with Gasteiger partial charge in [0.05, 0.1) is 6.04 Å². The van der Waals surface area contributed by atoms with Gasteiger partial charge in [-0.05, 0) is 24.5 Å². The van der Waals surface area contributed by atoms with Crippen molar-refractivity contribution in [2.75, 3.05) is 19.7 Å². The molecule has 7 heteroatoms. The molecule has 2 amide bonds. The van der Waals surface area contributed by atoms with Gasteiger partial charge in [-0.3, -0.25) is 14.4 Å². The third kappa shape index (κ3) is 4.43. The predicted molar refractivity (Wildman–Crippen MR) is 100 cm³/mol. The Balaban J connectivity index is 1.70. The predicted octanol–water partition coefficient (Wildman–Crippen LogP) is 1.02. The van der Waals surface area contributed by atoms with Crippen molar-refractivity contribution in [3.8, 4) is 0 Å². The molecular formula is C20H23N3O4. The van der Waals surface area contributed by atoms with Crippen LogP contribution in [0.4, 0.5) is 0 Å². The quantitative estimate of drug-likeness (QED) is 0.795. The number of hydrogen-bond donors (Lipinski definition) is 2. The summed E-state index contributed by atoms with van der Waals surface area (Å²) in [5.74, 6) is -0.372. The van der Waals surface area contributed by atoms with Gasteiger partial charge in [0.15, 0.2) is 6.10 Å². The van der Waals surface area contributed by atoms with Crippen molar-refractivity contribution in [1.82, 2.24) is 15.2 Å². The van der Waals surface area contributed by atoms with E-state index in [9.17, 15) is 14.4 Å². The van der Waals surface area contributed by atoms with Gasteiger partial charge >= 0.3 is 0 Å². The summed E-state index contributed by atoms with van der Waals surface area (Å²) in [5.41, 5.74) is 1.63. The van der Waals surface area contributed by atoms with E-state index in [1.807, 2.05) is 37.3 Å². The van der Waals surface area contributed by atoms with Crippen molar-refractivity contribution in [3.63, 3.8) is 0 Å². The topological polar surface area (TPSA) is 91.5 Å². The molecule has 1 saturated heterocycles. The number of aromatic nitrogens is 1. The molecule has 2 heterocycles. The average molecular weight is 369 g/mol. The van der Waals surface area contributed by atoms with E-state index in [1.165, 1.54) is 6.07 Å². The minimum absolute atomic E-state index is 0.102. The molecular weight excluding hydrogens is 346 g/mol. The van der Waals surface area contributed by atoms with Crippen molar-refractivity contribution in [1.29, 1.82) is 0 Å². The molecule has 1 aliphatic heterocycles. The highest BCUT2D eigenvalue weighted by Gasteiger charge is 2.40. The fraction of sp³-hybridized carbons (Fsp3) is 0.350. The van der Waals surface area contributed by atoms with Gasteiger partial charge in [0, 0.05) is 25.4 Å². The zero-order valence-electron chi connectivity index (χ0n) is 15.2. The molecule has 3 rings (SSSR count). The Labute approximate surface area is 157 Å². The Kier molecular flexibility index (Phi) is 6.03. The third-order valence-electron chi connectivity index (χ3n) is 4.63. The first-order valence-corrected chi connectivity index (χ1v) is 9.01. The van der Waals surface area contributed by atoms with Crippen LogP contribution in [-0.2, 0) is 20.7 Å². The molecule has 1 aliphatic rings. The summed E-state index contributed by atoms with van der Waals surface area (Å²) >= 11 is 0. The van der Waals surface area contributed by atoms with E-state index in [-0.39, 0.29) is 24.0 Å². The van der Waals surface area contributed by atoms with Crippen LogP contribution >= 0.6 is 0 Å². The van der Waals surface area contributed by atoms with Crippen LogP contribution in [0.15, 0.2) is 53.5 Å². The van der Waals surface area contributed by atoms with Gasteiger partial charge < -0.3 is 19.9 Å². The van der Waals surface area contributed by atoms with Crippen molar-refractivity contribution >= 4 is 11.8 Å². The average Bonchev–Trinajstić information content (AvgIpc) is 2.69. The number of aromatic amines is 1. The first-order chi connectivity index (χ1) is 13.1. The Hall–Kier alpha value is -2.93. The van der Waals surface area contributed by atoms with Gasteiger partial charge in [0.2, 0.25) is 11.5 Å². The summed E-state index contributed by atoms with van der Waals surface area (Å²) in [4.78, 5) is 40.4.